The molecule has 2 amide bonds. The molecular weight excluding hydrogens is 560 g/mol. The number of ether oxygens (including phenoxy) is 1. The van der Waals surface area contributed by atoms with Gasteiger partial charge in [0.05, 0.1) is 12.0 Å². The molecule has 228 valence electrons. The van der Waals surface area contributed by atoms with Crippen LogP contribution in [-0.4, -0.2) is 69.7 Å². The van der Waals surface area contributed by atoms with Gasteiger partial charge in [-0.25, -0.2) is 8.42 Å². The first-order valence-electron chi connectivity index (χ1n) is 13.9. The Hall–Kier alpha value is -3.81. The summed E-state index contributed by atoms with van der Waals surface area (Å²) in [5.74, 6) is -0.712. The first-order chi connectivity index (χ1) is 20.0. The number of amides is 2. The van der Waals surface area contributed by atoms with Crippen molar-refractivity contribution in [2.75, 3.05) is 32.1 Å². The number of sulfonamides is 1. The van der Waals surface area contributed by atoms with Crippen LogP contribution in [-0.2, 0) is 35.6 Å². The molecule has 0 radical (unpaired) electrons. The highest BCUT2D eigenvalue weighted by Crippen LogP contribution is 2.24. The van der Waals surface area contributed by atoms with Crippen molar-refractivity contribution in [1.29, 1.82) is 5.41 Å². The number of amidine groups is 1. The summed E-state index contributed by atoms with van der Waals surface area (Å²) in [4.78, 5) is 38.7. The summed E-state index contributed by atoms with van der Waals surface area (Å²) in [7, 11) is -2.81. The molecule has 1 aliphatic heterocycles. The van der Waals surface area contributed by atoms with Crippen LogP contribution in [0.2, 0.25) is 0 Å². The minimum Gasteiger partial charge on any atom is -0.469 e. The number of anilines is 1. The van der Waals surface area contributed by atoms with Crippen molar-refractivity contribution in [3.05, 3.63) is 59.7 Å². The SMILES string of the molecule is COC(=O)CCCC1CCN(C(=O)[C@@H](Cc2cccc(C(=N)N)c2)NS(=O)(=O)c2cccc(NC(=O)CCN)c2)CC1. The average Bonchev–Trinajstić information content (AvgIpc) is 2.97. The zero-order valence-electron chi connectivity index (χ0n) is 23.8. The fraction of sp³-hybridized carbons (Fsp3) is 0.448. The van der Waals surface area contributed by atoms with Gasteiger partial charge in [0.2, 0.25) is 21.8 Å². The van der Waals surface area contributed by atoms with E-state index < -0.39 is 16.1 Å². The van der Waals surface area contributed by atoms with Crippen LogP contribution in [0.3, 0.4) is 0 Å². The molecule has 0 unspecified atom stereocenters. The smallest absolute Gasteiger partial charge is 0.305 e. The third-order valence-corrected chi connectivity index (χ3v) is 8.69. The highest BCUT2D eigenvalue weighted by molar-refractivity contribution is 7.89. The van der Waals surface area contributed by atoms with Crippen molar-refractivity contribution >= 4 is 39.3 Å². The third-order valence-electron chi connectivity index (χ3n) is 7.22. The van der Waals surface area contributed by atoms with E-state index in [4.69, 9.17) is 21.6 Å². The van der Waals surface area contributed by atoms with Crippen molar-refractivity contribution in [3.8, 4) is 0 Å². The first-order valence-corrected chi connectivity index (χ1v) is 15.4. The number of nitrogens with one attached hydrogen (secondary N) is 3. The summed E-state index contributed by atoms with van der Waals surface area (Å²) < 4.78 is 34.3. The van der Waals surface area contributed by atoms with Gasteiger partial charge in [0.1, 0.15) is 11.9 Å². The normalized spacial score (nSPS) is 14.7. The molecule has 0 aliphatic carbocycles. The molecule has 0 saturated carbocycles. The van der Waals surface area contributed by atoms with Crippen LogP contribution in [0.15, 0.2) is 53.4 Å². The Bertz CT molecular complexity index is 1370. The Morgan fingerprint density at radius 1 is 1.10 bits per heavy atom. The number of hydrogen-bond donors (Lipinski definition) is 5. The minimum atomic E-state index is -4.18. The molecule has 2 aromatic rings. The van der Waals surface area contributed by atoms with E-state index in [0.717, 1.165) is 19.3 Å². The van der Waals surface area contributed by atoms with E-state index in [-0.39, 0.29) is 47.9 Å². The molecule has 0 aromatic heterocycles. The molecule has 13 heteroatoms. The van der Waals surface area contributed by atoms with Crippen molar-refractivity contribution in [2.45, 2.75) is 55.9 Å². The predicted molar refractivity (Wildman–Crippen MR) is 159 cm³/mol. The van der Waals surface area contributed by atoms with E-state index in [2.05, 4.69) is 10.0 Å². The van der Waals surface area contributed by atoms with Crippen LogP contribution < -0.4 is 21.5 Å². The predicted octanol–water partition coefficient (Wildman–Crippen LogP) is 1.73. The Morgan fingerprint density at radius 2 is 1.81 bits per heavy atom. The van der Waals surface area contributed by atoms with Gasteiger partial charge in [0.15, 0.2) is 0 Å². The zero-order valence-corrected chi connectivity index (χ0v) is 24.6. The van der Waals surface area contributed by atoms with Gasteiger partial charge in [0, 0.05) is 43.7 Å². The topological polar surface area (TPSA) is 198 Å². The number of likely N-dealkylation sites (tertiary alicyclic amines) is 1. The highest BCUT2D eigenvalue weighted by atomic mass is 32.2. The van der Waals surface area contributed by atoms with Crippen LogP contribution >= 0.6 is 0 Å². The molecule has 1 atom stereocenters. The number of methoxy groups -OCH3 is 1. The van der Waals surface area contributed by atoms with E-state index in [1.807, 2.05) is 0 Å². The monoisotopic (exact) mass is 600 g/mol. The number of carbonyl (C=O) groups excluding carboxylic acids is 3. The summed E-state index contributed by atoms with van der Waals surface area (Å²) in [5.41, 5.74) is 12.5. The largest absolute Gasteiger partial charge is 0.469 e. The standard InChI is InChI=1S/C29H40N6O6S/c1-41-27(37)10-3-5-20-12-15-35(16-13-20)29(38)25(18-21-6-2-7-22(17-21)28(31)32)34-42(39,40)24-9-4-8-23(19-24)33-26(36)11-14-30/h2,4,6-9,17,19-20,25,34H,3,5,10-16,18,30H2,1H3,(H3,31,32)(H,33,36)/t25-/m1/s1. The van der Waals surface area contributed by atoms with Gasteiger partial charge < -0.3 is 26.4 Å². The number of rotatable bonds is 14. The van der Waals surface area contributed by atoms with Gasteiger partial charge in [-0.15, -0.1) is 0 Å². The van der Waals surface area contributed by atoms with Gasteiger partial charge in [-0.05, 0) is 67.9 Å². The molecule has 0 bridgehead atoms. The Balaban J connectivity index is 1.78. The lowest BCUT2D eigenvalue weighted by atomic mass is 9.91. The van der Waals surface area contributed by atoms with Gasteiger partial charge in [-0.3, -0.25) is 19.8 Å². The van der Waals surface area contributed by atoms with Gasteiger partial charge in [0.25, 0.3) is 0 Å². The molecule has 2 aromatic carbocycles. The maximum atomic E-state index is 13.8. The maximum absolute atomic E-state index is 13.8. The van der Waals surface area contributed by atoms with Gasteiger partial charge in [-0.1, -0.05) is 24.3 Å². The molecule has 1 fully saturated rings. The number of carbonyl (C=O) groups is 3. The summed E-state index contributed by atoms with van der Waals surface area (Å²) in [6, 6.07) is 11.5. The first kappa shape index (κ1) is 32.7. The number of nitrogen functional groups attached to an aromatic ring is 1. The fourth-order valence-corrected chi connectivity index (χ4v) is 6.17. The molecule has 7 N–H and O–H groups in total. The molecule has 0 spiro atoms. The minimum absolute atomic E-state index is 0.0468. The Morgan fingerprint density at radius 3 is 2.48 bits per heavy atom. The molecule has 1 heterocycles. The average molecular weight is 601 g/mol. The lowest BCUT2D eigenvalue weighted by Crippen LogP contribution is -2.51. The van der Waals surface area contributed by atoms with Crippen molar-refractivity contribution in [1.82, 2.24) is 9.62 Å². The Kier molecular flexibility index (Phi) is 12.0. The highest BCUT2D eigenvalue weighted by Gasteiger charge is 2.32. The van der Waals surface area contributed by atoms with Gasteiger partial charge in [-0.2, -0.15) is 4.72 Å². The van der Waals surface area contributed by atoms with Crippen LogP contribution in [0.25, 0.3) is 0 Å². The quantitative estimate of drug-likeness (QED) is 0.123. The van der Waals surface area contributed by atoms with Gasteiger partial charge >= 0.3 is 5.97 Å². The van der Waals surface area contributed by atoms with Crippen molar-refractivity contribution < 1.29 is 27.5 Å². The summed E-state index contributed by atoms with van der Waals surface area (Å²) in [5, 5.41) is 10.4. The number of benzene rings is 2. The number of piperidine rings is 1. The molecule has 12 nitrogen and oxygen atoms in total. The summed E-state index contributed by atoms with van der Waals surface area (Å²) >= 11 is 0. The number of hydrogen-bond acceptors (Lipinski definition) is 8. The van der Waals surface area contributed by atoms with Crippen molar-refractivity contribution in [2.24, 2.45) is 17.4 Å². The number of nitrogens with zero attached hydrogens (tertiary/aromatic N) is 1. The van der Waals surface area contributed by atoms with E-state index in [9.17, 15) is 22.8 Å². The second kappa shape index (κ2) is 15.4. The second-order valence-electron chi connectivity index (χ2n) is 10.3. The lowest BCUT2D eigenvalue weighted by Gasteiger charge is -2.34. The van der Waals surface area contributed by atoms with Crippen LogP contribution in [0.5, 0.6) is 0 Å². The van der Waals surface area contributed by atoms with Crippen molar-refractivity contribution in [3.63, 3.8) is 0 Å². The Labute approximate surface area is 246 Å². The van der Waals surface area contributed by atoms with E-state index >= 15 is 0 Å². The summed E-state index contributed by atoms with van der Waals surface area (Å²) in [6.07, 6.45) is 3.55. The number of nitrogens with two attached hydrogens (primary N) is 2. The van der Waals surface area contributed by atoms with Crippen LogP contribution in [0, 0.1) is 11.3 Å². The molecule has 1 aliphatic rings. The van der Waals surface area contributed by atoms with E-state index in [1.165, 1.54) is 25.3 Å². The molecule has 1 saturated heterocycles. The van der Waals surface area contributed by atoms with E-state index in [0.29, 0.717) is 48.7 Å². The number of esters is 1. The maximum Gasteiger partial charge on any atom is 0.305 e. The summed E-state index contributed by atoms with van der Waals surface area (Å²) in [6.45, 7) is 1.09. The fourth-order valence-electron chi connectivity index (χ4n) is 4.93. The molecule has 42 heavy (non-hydrogen) atoms. The lowest BCUT2D eigenvalue weighted by molar-refractivity contribution is -0.140. The van der Waals surface area contributed by atoms with Crippen LogP contribution in [0.4, 0.5) is 5.69 Å². The van der Waals surface area contributed by atoms with E-state index in [1.54, 1.807) is 35.2 Å². The molecule has 3 rings (SSSR count). The zero-order chi connectivity index (χ0) is 30.7. The third kappa shape index (κ3) is 9.64. The van der Waals surface area contributed by atoms with Crippen LogP contribution in [0.1, 0.15) is 49.7 Å². The second-order valence-corrected chi connectivity index (χ2v) is 12.1. The molecular formula is C29H40N6O6S.